The highest BCUT2D eigenvalue weighted by molar-refractivity contribution is 5.95. The Morgan fingerprint density at radius 2 is 2.05 bits per heavy atom. The number of allylic oxidation sites excluding steroid dienone is 6. The Morgan fingerprint density at radius 1 is 1.30 bits per heavy atom. The van der Waals surface area contributed by atoms with Crippen LogP contribution in [0.4, 0.5) is 13.2 Å². The summed E-state index contributed by atoms with van der Waals surface area (Å²) in [6.45, 7) is 4.17. The Bertz CT molecular complexity index is 1310. The Kier molecular flexibility index (Phi) is 9.12. The van der Waals surface area contributed by atoms with Gasteiger partial charge in [0.15, 0.2) is 5.69 Å². The van der Waals surface area contributed by atoms with Gasteiger partial charge in [-0.05, 0) is 37.0 Å². The number of hydrogen-bond donors (Lipinski definition) is 4. The number of nitrogens with one attached hydrogen (secondary N) is 2. The lowest BCUT2D eigenvalue weighted by molar-refractivity contribution is -0.141. The van der Waals surface area contributed by atoms with Gasteiger partial charge in [0, 0.05) is 41.7 Å². The molecule has 1 amide bonds. The summed E-state index contributed by atoms with van der Waals surface area (Å²) in [4.78, 5) is 13.4. The lowest BCUT2D eigenvalue weighted by Gasteiger charge is -2.32. The van der Waals surface area contributed by atoms with Gasteiger partial charge in [0.25, 0.3) is 5.91 Å². The van der Waals surface area contributed by atoms with Crippen LogP contribution in [-0.4, -0.2) is 40.0 Å². The van der Waals surface area contributed by atoms with E-state index < -0.39 is 23.2 Å². The Morgan fingerprint density at radius 3 is 2.70 bits per heavy atom. The third kappa shape index (κ3) is 6.80. The van der Waals surface area contributed by atoms with E-state index in [1.165, 1.54) is 0 Å². The number of hydrogen-bond acceptors (Lipinski definition) is 5. The van der Waals surface area contributed by atoms with Crippen LogP contribution in [0.2, 0.25) is 0 Å². The summed E-state index contributed by atoms with van der Waals surface area (Å²) in [7, 11) is 0. The van der Waals surface area contributed by atoms with Crippen molar-refractivity contribution in [3.63, 3.8) is 0 Å². The fraction of sp³-hybridized carbons (Fsp3) is 0.400. The molecule has 5 N–H and O–H groups in total. The van der Waals surface area contributed by atoms with Gasteiger partial charge in [-0.2, -0.15) is 18.3 Å². The Labute approximate surface area is 232 Å². The molecule has 0 saturated carbocycles. The van der Waals surface area contributed by atoms with E-state index in [0.29, 0.717) is 30.8 Å². The van der Waals surface area contributed by atoms with Crippen LogP contribution in [-0.2, 0) is 6.18 Å². The summed E-state index contributed by atoms with van der Waals surface area (Å²) in [5.41, 5.74) is 6.03. The molecule has 2 aliphatic rings. The number of benzene rings is 1. The number of alkyl halides is 3. The molecular weight excluding hydrogens is 519 g/mol. The van der Waals surface area contributed by atoms with E-state index in [0.717, 1.165) is 22.7 Å². The maximum atomic E-state index is 13.6. The molecule has 40 heavy (non-hydrogen) atoms. The summed E-state index contributed by atoms with van der Waals surface area (Å²) >= 11 is 0. The van der Waals surface area contributed by atoms with Crippen molar-refractivity contribution >= 4 is 11.6 Å². The molecule has 0 spiro atoms. The molecule has 0 bridgehead atoms. The van der Waals surface area contributed by atoms with Gasteiger partial charge in [-0.3, -0.25) is 4.79 Å². The highest BCUT2D eigenvalue weighted by Gasteiger charge is 2.37. The molecule has 1 aromatic carbocycles. The third-order valence-corrected chi connectivity index (χ3v) is 7.41. The minimum Gasteiger partial charge on any atom is -0.395 e. The molecule has 0 aliphatic heterocycles. The lowest BCUT2D eigenvalue weighted by atomic mass is 9.83. The average Bonchev–Trinajstić information content (AvgIpc) is 3.41. The number of carbonyl (C=O) groups is 1. The van der Waals surface area contributed by atoms with Crippen molar-refractivity contribution in [1.29, 1.82) is 0 Å². The Hall–Kier alpha value is -3.47. The Balaban J connectivity index is 1.60. The molecule has 1 heterocycles. The van der Waals surface area contributed by atoms with Crippen molar-refractivity contribution in [1.82, 2.24) is 20.4 Å². The number of nitrogens with two attached hydrogens (primary N) is 1. The van der Waals surface area contributed by atoms with Crippen LogP contribution in [0, 0.1) is 11.3 Å². The molecule has 7 nitrogen and oxygen atoms in total. The van der Waals surface area contributed by atoms with Crippen LogP contribution < -0.4 is 16.4 Å². The first kappa shape index (κ1) is 29.5. The second-order valence-electron chi connectivity index (χ2n) is 10.6. The molecule has 1 aromatic heterocycles. The maximum Gasteiger partial charge on any atom is 0.435 e. The standard InChI is InChI=1S/C30H36F3N5O2/c1-3-22(18-39)35-27(20-9-5-4-6-10-20)21-11-7-12-23(15-21)36-28(40)25-16-26(30(31,32)33)37-38(25)24-13-8-14-29(2,17-24)19-34/h4-13,16-17,21-22,27,35,39H,3,14-15,18-19,34H2,1-2H3,(H,36,40). The van der Waals surface area contributed by atoms with E-state index in [9.17, 15) is 23.1 Å². The van der Waals surface area contributed by atoms with Gasteiger partial charge >= 0.3 is 6.18 Å². The first-order valence-electron chi connectivity index (χ1n) is 13.4. The minimum atomic E-state index is -4.72. The first-order chi connectivity index (χ1) is 19.1. The monoisotopic (exact) mass is 555 g/mol. The van der Waals surface area contributed by atoms with Gasteiger partial charge in [-0.25, -0.2) is 4.68 Å². The number of rotatable bonds is 10. The minimum absolute atomic E-state index is 0.0191. The maximum absolute atomic E-state index is 13.6. The molecule has 0 fully saturated rings. The third-order valence-electron chi connectivity index (χ3n) is 7.41. The van der Waals surface area contributed by atoms with Gasteiger partial charge in [0.1, 0.15) is 5.69 Å². The smallest absolute Gasteiger partial charge is 0.395 e. The van der Waals surface area contributed by atoms with Crippen LogP contribution in [0.15, 0.2) is 78.6 Å². The molecular formula is C30H36F3N5O2. The highest BCUT2D eigenvalue weighted by Crippen LogP contribution is 2.35. The quantitative estimate of drug-likeness (QED) is 0.332. The molecule has 0 radical (unpaired) electrons. The van der Waals surface area contributed by atoms with Gasteiger partial charge in [-0.15, -0.1) is 0 Å². The van der Waals surface area contributed by atoms with Gasteiger partial charge < -0.3 is 21.5 Å². The summed E-state index contributed by atoms with van der Waals surface area (Å²) in [6, 6.07) is 10.3. The van der Waals surface area contributed by atoms with Crippen molar-refractivity contribution in [2.24, 2.45) is 17.1 Å². The van der Waals surface area contributed by atoms with Crippen molar-refractivity contribution in [2.45, 2.75) is 51.4 Å². The van der Waals surface area contributed by atoms with Crippen LogP contribution in [0.25, 0.3) is 5.70 Å². The van der Waals surface area contributed by atoms with Gasteiger partial charge in [0.05, 0.1) is 12.3 Å². The summed E-state index contributed by atoms with van der Waals surface area (Å²) < 4.78 is 42.0. The molecule has 214 valence electrons. The molecule has 4 rings (SSSR count). The van der Waals surface area contributed by atoms with E-state index in [1.54, 1.807) is 18.2 Å². The van der Waals surface area contributed by atoms with Crippen LogP contribution >= 0.6 is 0 Å². The summed E-state index contributed by atoms with van der Waals surface area (Å²) in [5.74, 6) is -0.767. The number of aromatic nitrogens is 2. The van der Waals surface area contributed by atoms with Crippen molar-refractivity contribution in [2.75, 3.05) is 13.2 Å². The van der Waals surface area contributed by atoms with E-state index in [1.807, 2.05) is 62.4 Å². The number of halogens is 3. The molecule has 0 saturated heterocycles. The number of amides is 1. The van der Waals surface area contributed by atoms with Gasteiger partial charge in [-0.1, -0.05) is 68.5 Å². The van der Waals surface area contributed by atoms with Crippen LogP contribution in [0.3, 0.4) is 0 Å². The van der Waals surface area contributed by atoms with E-state index >= 15 is 0 Å². The SMILES string of the molecule is CCC(CO)NC(c1ccccc1)C1C=CC=C(NC(=O)c2cc(C(F)(F)F)nn2C2=CC(C)(CN)CC=C2)C1. The van der Waals surface area contributed by atoms with E-state index in [-0.39, 0.29) is 30.3 Å². The molecule has 4 atom stereocenters. The normalized spacial score (nSPS) is 22.4. The van der Waals surface area contributed by atoms with Crippen LogP contribution in [0.1, 0.15) is 60.9 Å². The number of aliphatic hydroxyl groups excluding tert-OH is 1. The lowest BCUT2D eigenvalue weighted by Crippen LogP contribution is -2.39. The molecule has 10 heteroatoms. The van der Waals surface area contributed by atoms with Crippen LogP contribution in [0.5, 0.6) is 0 Å². The van der Waals surface area contributed by atoms with E-state index in [4.69, 9.17) is 5.73 Å². The number of nitrogens with zero attached hydrogens (tertiary/aromatic N) is 2. The molecule has 4 unspecified atom stereocenters. The van der Waals surface area contributed by atoms with Crippen molar-refractivity contribution in [3.8, 4) is 0 Å². The van der Waals surface area contributed by atoms with Crippen molar-refractivity contribution in [3.05, 3.63) is 95.5 Å². The zero-order valence-corrected chi connectivity index (χ0v) is 22.7. The second kappa shape index (κ2) is 12.4. The predicted octanol–water partition coefficient (Wildman–Crippen LogP) is 4.96. The summed E-state index contributed by atoms with van der Waals surface area (Å²) in [6.07, 6.45) is 7.93. The summed E-state index contributed by atoms with van der Waals surface area (Å²) in [5, 5.41) is 19.9. The number of carbonyl (C=O) groups excluding carboxylic acids is 1. The average molecular weight is 556 g/mol. The fourth-order valence-corrected chi connectivity index (χ4v) is 4.98. The zero-order valence-electron chi connectivity index (χ0n) is 22.7. The van der Waals surface area contributed by atoms with Crippen molar-refractivity contribution < 1.29 is 23.1 Å². The molecule has 2 aromatic rings. The largest absolute Gasteiger partial charge is 0.435 e. The fourth-order valence-electron chi connectivity index (χ4n) is 4.98. The predicted molar refractivity (Wildman–Crippen MR) is 149 cm³/mol. The van der Waals surface area contributed by atoms with E-state index in [2.05, 4.69) is 15.7 Å². The van der Waals surface area contributed by atoms with Gasteiger partial charge in [0.2, 0.25) is 0 Å². The number of aliphatic hydroxyl groups is 1. The zero-order chi connectivity index (χ0) is 28.9. The highest BCUT2D eigenvalue weighted by atomic mass is 19.4. The molecule has 2 aliphatic carbocycles. The topological polar surface area (TPSA) is 105 Å². The first-order valence-corrected chi connectivity index (χ1v) is 13.4. The second-order valence-corrected chi connectivity index (χ2v) is 10.6.